The lowest BCUT2D eigenvalue weighted by Gasteiger charge is -2.32. The van der Waals surface area contributed by atoms with Crippen molar-refractivity contribution in [2.75, 3.05) is 26.2 Å². The van der Waals surface area contributed by atoms with Crippen molar-refractivity contribution < 1.29 is 13.2 Å². The SMILES string of the molecule is O=C(NC1CCN(Cc2ccccc2)CC1)c1ccc(Cl)c(S(=O)(=O)N2CCCCCC2)c1. The predicted octanol–water partition coefficient (Wildman–Crippen LogP) is 4.30. The molecule has 0 radical (unpaired) electrons. The van der Waals surface area contributed by atoms with Crippen molar-refractivity contribution in [3.05, 3.63) is 64.7 Å². The number of carbonyl (C=O) groups is 1. The van der Waals surface area contributed by atoms with Gasteiger partial charge in [0.2, 0.25) is 10.0 Å². The van der Waals surface area contributed by atoms with Gasteiger partial charge in [-0.15, -0.1) is 0 Å². The summed E-state index contributed by atoms with van der Waals surface area (Å²) < 4.78 is 27.9. The molecule has 0 aromatic heterocycles. The second-order valence-electron chi connectivity index (χ2n) is 8.97. The van der Waals surface area contributed by atoms with Crippen molar-refractivity contribution >= 4 is 27.5 Å². The molecule has 2 aromatic carbocycles. The third kappa shape index (κ3) is 6.15. The summed E-state index contributed by atoms with van der Waals surface area (Å²) in [5.74, 6) is -0.250. The molecule has 0 unspecified atom stereocenters. The second kappa shape index (κ2) is 11.0. The molecular formula is C25H32ClN3O3S. The Balaban J connectivity index is 1.38. The molecule has 0 bridgehead atoms. The van der Waals surface area contributed by atoms with Crippen LogP contribution in [0.3, 0.4) is 0 Å². The van der Waals surface area contributed by atoms with Crippen LogP contribution >= 0.6 is 11.6 Å². The van der Waals surface area contributed by atoms with Gasteiger partial charge in [0, 0.05) is 44.3 Å². The van der Waals surface area contributed by atoms with E-state index in [1.165, 1.54) is 22.0 Å². The Morgan fingerprint density at radius 1 is 0.939 bits per heavy atom. The molecule has 8 heteroatoms. The van der Waals surface area contributed by atoms with Gasteiger partial charge in [0.25, 0.3) is 5.91 Å². The lowest BCUT2D eigenvalue weighted by atomic mass is 10.0. The molecular weight excluding hydrogens is 458 g/mol. The van der Waals surface area contributed by atoms with Crippen molar-refractivity contribution in [2.45, 2.75) is 56.0 Å². The zero-order valence-corrected chi connectivity index (χ0v) is 20.5. The number of nitrogens with one attached hydrogen (secondary N) is 1. The van der Waals surface area contributed by atoms with E-state index in [0.29, 0.717) is 18.7 Å². The van der Waals surface area contributed by atoms with Crippen LogP contribution in [0.25, 0.3) is 0 Å². The zero-order chi connectivity index (χ0) is 23.3. The number of benzene rings is 2. The maximum atomic E-state index is 13.2. The van der Waals surface area contributed by atoms with E-state index in [0.717, 1.165) is 58.2 Å². The molecule has 2 fully saturated rings. The van der Waals surface area contributed by atoms with E-state index in [1.807, 2.05) is 6.07 Å². The van der Waals surface area contributed by atoms with E-state index < -0.39 is 10.0 Å². The number of piperidine rings is 1. The summed E-state index contributed by atoms with van der Waals surface area (Å²) in [5.41, 5.74) is 1.62. The van der Waals surface area contributed by atoms with Crippen LogP contribution in [-0.4, -0.2) is 55.8 Å². The maximum Gasteiger partial charge on any atom is 0.251 e. The first kappa shape index (κ1) is 24.2. The standard InChI is InChI=1S/C25H32ClN3O3S/c26-23-11-10-21(18-24(23)33(31,32)29-14-6-1-2-7-15-29)25(30)27-22-12-16-28(17-13-22)19-20-8-4-3-5-9-20/h3-5,8-11,18,22H,1-2,6-7,12-17,19H2,(H,27,30). The Morgan fingerprint density at radius 3 is 2.27 bits per heavy atom. The quantitative estimate of drug-likeness (QED) is 0.656. The van der Waals surface area contributed by atoms with E-state index in [-0.39, 0.29) is 21.9 Å². The summed E-state index contributed by atoms with van der Waals surface area (Å²) in [6, 6.07) is 15.0. The highest BCUT2D eigenvalue weighted by Crippen LogP contribution is 2.28. The Bertz CT molecular complexity index is 1050. The molecule has 1 N–H and O–H groups in total. The monoisotopic (exact) mass is 489 g/mol. The lowest BCUT2D eigenvalue weighted by Crippen LogP contribution is -2.44. The molecule has 4 rings (SSSR count). The smallest absolute Gasteiger partial charge is 0.251 e. The van der Waals surface area contributed by atoms with Gasteiger partial charge in [-0.05, 0) is 49.4 Å². The van der Waals surface area contributed by atoms with Crippen molar-refractivity contribution in [3.8, 4) is 0 Å². The van der Waals surface area contributed by atoms with Gasteiger partial charge in [-0.25, -0.2) is 8.42 Å². The van der Waals surface area contributed by atoms with Gasteiger partial charge >= 0.3 is 0 Å². The highest BCUT2D eigenvalue weighted by molar-refractivity contribution is 7.89. The molecule has 0 spiro atoms. The fraction of sp³-hybridized carbons (Fsp3) is 0.480. The topological polar surface area (TPSA) is 69.7 Å². The molecule has 2 saturated heterocycles. The molecule has 0 atom stereocenters. The Hall–Kier alpha value is -1.93. The number of likely N-dealkylation sites (tertiary alicyclic amines) is 1. The van der Waals surface area contributed by atoms with Gasteiger partial charge in [-0.1, -0.05) is 54.8 Å². The van der Waals surface area contributed by atoms with Gasteiger partial charge in [-0.2, -0.15) is 4.31 Å². The molecule has 2 heterocycles. The van der Waals surface area contributed by atoms with Crippen LogP contribution in [0.2, 0.25) is 5.02 Å². The summed E-state index contributed by atoms with van der Waals surface area (Å²) in [6.45, 7) is 3.73. The van der Waals surface area contributed by atoms with Crippen molar-refractivity contribution in [1.82, 2.24) is 14.5 Å². The van der Waals surface area contributed by atoms with Crippen LogP contribution in [-0.2, 0) is 16.6 Å². The Kier molecular flexibility index (Phi) is 8.07. The fourth-order valence-electron chi connectivity index (χ4n) is 4.61. The minimum atomic E-state index is -3.73. The number of rotatable bonds is 6. The minimum absolute atomic E-state index is 0.0244. The zero-order valence-electron chi connectivity index (χ0n) is 18.9. The van der Waals surface area contributed by atoms with Gasteiger partial charge in [-0.3, -0.25) is 9.69 Å². The first-order valence-corrected chi connectivity index (χ1v) is 13.6. The minimum Gasteiger partial charge on any atom is -0.349 e. The van der Waals surface area contributed by atoms with Gasteiger partial charge in [0.15, 0.2) is 0 Å². The van der Waals surface area contributed by atoms with E-state index in [2.05, 4.69) is 34.5 Å². The summed E-state index contributed by atoms with van der Waals surface area (Å²) >= 11 is 6.28. The summed E-state index contributed by atoms with van der Waals surface area (Å²) in [5, 5.41) is 3.25. The van der Waals surface area contributed by atoms with E-state index >= 15 is 0 Å². The van der Waals surface area contributed by atoms with Crippen LogP contribution in [0.5, 0.6) is 0 Å². The number of hydrogen-bond acceptors (Lipinski definition) is 4. The third-order valence-corrected chi connectivity index (χ3v) is 8.93. The molecule has 2 aromatic rings. The van der Waals surface area contributed by atoms with E-state index in [1.54, 1.807) is 6.07 Å². The number of halogens is 1. The molecule has 0 aliphatic carbocycles. The highest BCUT2D eigenvalue weighted by Gasteiger charge is 2.29. The molecule has 33 heavy (non-hydrogen) atoms. The van der Waals surface area contributed by atoms with Crippen LogP contribution in [0.4, 0.5) is 0 Å². The van der Waals surface area contributed by atoms with Crippen molar-refractivity contribution in [2.24, 2.45) is 0 Å². The first-order valence-electron chi connectivity index (χ1n) is 11.8. The van der Waals surface area contributed by atoms with E-state index in [9.17, 15) is 13.2 Å². The van der Waals surface area contributed by atoms with Crippen molar-refractivity contribution in [1.29, 1.82) is 0 Å². The van der Waals surface area contributed by atoms with Gasteiger partial charge in [0.1, 0.15) is 4.90 Å². The first-order chi connectivity index (χ1) is 15.9. The second-order valence-corrected chi connectivity index (χ2v) is 11.3. The molecule has 6 nitrogen and oxygen atoms in total. The molecule has 0 saturated carbocycles. The van der Waals surface area contributed by atoms with Gasteiger partial charge in [0.05, 0.1) is 5.02 Å². The number of sulfonamides is 1. The maximum absolute atomic E-state index is 13.2. The molecule has 1 amide bonds. The van der Waals surface area contributed by atoms with Crippen LogP contribution in [0.15, 0.2) is 53.4 Å². The number of hydrogen-bond donors (Lipinski definition) is 1. The number of amides is 1. The Labute approximate surface area is 202 Å². The lowest BCUT2D eigenvalue weighted by molar-refractivity contribution is 0.0908. The molecule has 178 valence electrons. The average Bonchev–Trinajstić information content (AvgIpc) is 3.11. The molecule has 2 aliphatic rings. The predicted molar refractivity (Wildman–Crippen MR) is 131 cm³/mol. The average molecular weight is 490 g/mol. The fourth-order valence-corrected chi connectivity index (χ4v) is 6.63. The number of nitrogens with zero attached hydrogens (tertiary/aromatic N) is 2. The summed E-state index contributed by atoms with van der Waals surface area (Å²) in [4.78, 5) is 15.4. The normalized spacial score (nSPS) is 19.2. The van der Waals surface area contributed by atoms with Crippen LogP contribution < -0.4 is 5.32 Å². The third-order valence-electron chi connectivity index (χ3n) is 6.55. The summed E-state index contributed by atoms with van der Waals surface area (Å²) in [6.07, 6.45) is 5.49. The van der Waals surface area contributed by atoms with Crippen LogP contribution in [0.1, 0.15) is 54.4 Å². The van der Waals surface area contributed by atoms with Gasteiger partial charge < -0.3 is 5.32 Å². The van der Waals surface area contributed by atoms with Crippen LogP contribution in [0, 0.1) is 0 Å². The van der Waals surface area contributed by atoms with E-state index in [4.69, 9.17) is 11.6 Å². The van der Waals surface area contributed by atoms with Crippen molar-refractivity contribution in [3.63, 3.8) is 0 Å². The highest BCUT2D eigenvalue weighted by atomic mass is 35.5. The number of carbonyl (C=O) groups excluding carboxylic acids is 1. The Morgan fingerprint density at radius 2 is 1.61 bits per heavy atom. The summed E-state index contributed by atoms with van der Waals surface area (Å²) in [7, 11) is -3.73. The molecule has 2 aliphatic heterocycles. The largest absolute Gasteiger partial charge is 0.349 e.